The number of carbonyl (C=O) groups is 2. The Kier molecular flexibility index (Phi) is 7.32. The normalized spacial score (nSPS) is 14.7. The first-order valence-electron chi connectivity index (χ1n) is 11.3. The summed E-state index contributed by atoms with van der Waals surface area (Å²) in [6, 6.07) is 22.4. The van der Waals surface area contributed by atoms with Gasteiger partial charge < -0.3 is 24.4 Å². The molecule has 1 unspecified atom stereocenters. The summed E-state index contributed by atoms with van der Waals surface area (Å²) >= 11 is 0. The minimum absolute atomic E-state index is 0.108. The zero-order chi connectivity index (χ0) is 23.9. The van der Waals surface area contributed by atoms with Gasteiger partial charge >= 0.3 is 0 Å². The molecular formula is C27H28N2O5. The number of rotatable bonds is 9. The van der Waals surface area contributed by atoms with Crippen LogP contribution >= 0.6 is 0 Å². The Bertz CT molecular complexity index is 1150. The largest absolute Gasteiger partial charge is 0.492 e. The van der Waals surface area contributed by atoms with E-state index in [4.69, 9.17) is 14.2 Å². The monoisotopic (exact) mass is 460 g/mol. The third-order valence-electron chi connectivity index (χ3n) is 5.46. The van der Waals surface area contributed by atoms with Gasteiger partial charge in [-0.2, -0.15) is 0 Å². The Morgan fingerprint density at radius 3 is 2.59 bits per heavy atom. The van der Waals surface area contributed by atoms with Crippen LogP contribution in [0.15, 0.2) is 72.8 Å². The van der Waals surface area contributed by atoms with E-state index in [0.29, 0.717) is 36.0 Å². The molecular weight excluding hydrogens is 432 g/mol. The van der Waals surface area contributed by atoms with E-state index in [2.05, 4.69) is 12.2 Å². The van der Waals surface area contributed by atoms with Gasteiger partial charge in [0, 0.05) is 11.8 Å². The maximum Gasteiger partial charge on any atom is 0.267 e. The average molecular weight is 461 g/mol. The van der Waals surface area contributed by atoms with Crippen molar-refractivity contribution >= 4 is 23.2 Å². The molecule has 0 radical (unpaired) electrons. The van der Waals surface area contributed by atoms with Crippen molar-refractivity contribution in [3.05, 3.63) is 78.4 Å². The van der Waals surface area contributed by atoms with Gasteiger partial charge in [0.1, 0.15) is 23.9 Å². The summed E-state index contributed by atoms with van der Waals surface area (Å²) in [5, 5.41) is 2.82. The predicted octanol–water partition coefficient (Wildman–Crippen LogP) is 4.46. The topological polar surface area (TPSA) is 77.1 Å². The summed E-state index contributed by atoms with van der Waals surface area (Å²) < 4.78 is 17.2. The standard InChI is InChI=1S/C27H28N2O5/c1-3-20-8-7-11-23(16-20)33-18-26(30)28-21-12-13-24-25(17-21)34-19(2)27(31)29(24)14-15-32-22-9-5-4-6-10-22/h4-13,16-17,19H,3,14-15,18H2,1-2H3,(H,28,30). The van der Waals surface area contributed by atoms with Crippen molar-refractivity contribution in [2.45, 2.75) is 26.4 Å². The van der Waals surface area contributed by atoms with Crippen LogP contribution in [0.3, 0.4) is 0 Å². The first-order valence-corrected chi connectivity index (χ1v) is 11.3. The van der Waals surface area contributed by atoms with Crippen LogP contribution in [0.4, 0.5) is 11.4 Å². The third-order valence-corrected chi connectivity index (χ3v) is 5.46. The lowest BCUT2D eigenvalue weighted by atomic mass is 10.1. The average Bonchev–Trinajstić information content (AvgIpc) is 2.86. The molecule has 2 amide bonds. The highest BCUT2D eigenvalue weighted by Gasteiger charge is 2.31. The highest BCUT2D eigenvalue weighted by Crippen LogP contribution is 2.36. The summed E-state index contributed by atoms with van der Waals surface area (Å²) in [6.45, 7) is 4.39. The molecule has 0 aliphatic carbocycles. The molecule has 1 heterocycles. The second-order valence-corrected chi connectivity index (χ2v) is 7.93. The van der Waals surface area contributed by atoms with Gasteiger partial charge in [0.15, 0.2) is 12.7 Å². The zero-order valence-electron chi connectivity index (χ0n) is 19.3. The molecule has 3 aromatic rings. The molecule has 1 aliphatic heterocycles. The van der Waals surface area contributed by atoms with Crippen molar-refractivity contribution in [2.75, 3.05) is 30.0 Å². The first kappa shape index (κ1) is 23.2. The fourth-order valence-electron chi connectivity index (χ4n) is 3.69. The minimum atomic E-state index is -0.635. The number of carbonyl (C=O) groups excluding carboxylic acids is 2. The molecule has 1 aliphatic rings. The fourth-order valence-corrected chi connectivity index (χ4v) is 3.69. The van der Waals surface area contributed by atoms with Crippen molar-refractivity contribution in [3.63, 3.8) is 0 Å². The zero-order valence-corrected chi connectivity index (χ0v) is 19.3. The van der Waals surface area contributed by atoms with Crippen LogP contribution in [0.25, 0.3) is 0 Å². The summed E-state index contributed by atoms with van der Waals surface area (Å²) in [6.07, 6.45) is 0.263. The Morgan fingerprint density at radius 1 is 1.00 bits per heavy atom. The van der Waals surface area contributed by atoms with Crippen molar-refractivity contribution in [3.8, 4) is 17.2 Å². The van der Waals surface area contributed by atoms with E-state index in [0.717, 1.165) is 17.7 Å². The smallest absolute Gasteiger partial charge is 0.267 e. The Morgan fingerprint density at radius 2 is 1.79 bits per heavy atom. The molecule has 0 spiro atoms. The molecule has 7 nitrogen and oxygen atoms in total. The summed E-state index contributed by atoms with van der Waals surface area (Å²) in [4.78, 5) is 26.8. The number of hydrogen-bond donors (Lipinski definition) is 1. The molecule has 4 rings (SSSR count). The van der Waals surface area contributed by atoms with Crippen molar-refractivity contribution in [1.29, 1.82) is 0 Å². The van der Waals surface area contributed by atoms with Gasteiger partial charge in [-0.3, -0.25) is 9.59 Å². The lowest BCUT2D eigenvalue weighted by Gasteiger charge is -2.33. The number of para-hydroxylation sites is 1. The highest BCUT2D eigenvalue weighted by atomic mass is 16.5. The molecule has 0 bridgehead atoms. The Labute approximate surface area is 199 Å². The molecule has 0 fully saturated rings. The molecule has 3 aromatic carbocycles. The SMILES string of the molecule is CCc1cccc(OCC(=O)Nc2ccc3c(c2)OC(C)C(=O)N3CCOc2ccccc2)c1. The molecule has 1 atom stereocenters. The molecule has 34 heavy (non-hydrogen) atoms. The van der Waals surface area contributed by atoms with E-state index < -0.39 is 6.10 Å². The van der Waals surface area contributed by atoms with Crippen molar-refractivity contribution in [2.24, 2.45) is 0 Å². The summed E-state index contributed by atoms with van der Waals surface area (Å²) in [5.74, 6) is 1.52. The second-order valence-electron chi connectivity index (χ2n) is 7.93. The first-order chi connectivity index (χ1) is 16.5. The number of nitrogens with zero attached hydrogens (tertiary/aromatic N) is 1. The van der Waals surface area contributed by atoms with E-state index in [1.54, 1.807) is 30.0 Å². The number of ether oxygens (including phenoxy) is 3. The quantitative estimate of drug-likeness (QED) is 0.510. The van der Waals surface area contributed by atoms with Crippen LogP contribution in [0, 0.1) is 0 Å². The molecule has 0 saturated heterocycles. The van der Waals surface area contributed by atoms with Crippen LogP contribution in [0.5, 0.6) is 17.2 Å². The molecule has 7 heteroatoms. The van der Waals surface area contributed by atoms with E-state index in [9.17, 15) is 9.59 Å². The van der Waals surface area contributed by atoms with Crippen molar-refractivity contribution in [1.82, 2.24) is 0 Å². The molecule has 1 N–H and O–H groups in total. The number of anilines is 2. The van der Waals surface area contributed by atoms with Crippen LogP contribution in [0.1, 0.15) is 19.4 Å². The summed E-state index contributed by atoms with van der Waals surface area (Å²) in [7, 11) is 0. The predicted molar refractivity (Wildman–Crippen MR) is 131 cm³/mol. The maximum absolute atomic E-state index is 12.7. The minimum Gasteiger partial charge on any atom is -0.492 e. The van der Waals surface area contributed by atoms with Crippen molar-refractivity contribution < 1.29 is 23.8 Å². The third kappa shape index (κ3) is 5.67. The van der Waals surface area contributed by atoms with Gasteiger partial charge in [0.25, 0.3) is 11.8 Å². The molecule has 0 saturated carbocycles. The van der Waals surface area contributed by atoms with Gasteiger partial charge in [0.2, 0.25) is 0 Å². The molecule has 0 aromatic heterocycles. The molecule has 176 valence electrons. The number of benzene rings is 3. The lowest BCUT2D eigenvalue weighted by Crippen LogP contribution is -2.46. The highest BCUT2D eigenvalue weighted by molar-refractivity contribution is 6.00. The van der Waals surface area contributed by atoms with Gasteiger partial charge in [-0.1, -0.05) is 37.3 Å². The number of hydrogen-bond acceptors (Lipinski definition) is 5. The Hall–Kier alpha value is -4.00. The van der Waals surface area contributed by atoms with Crippen LogP contribution in [-0.2, 0) is 16.0 Å². The Balaban J connectivity index is 1.38. The lowest BCUT2D eigenvalue weighted by molar-refractivity contribution is -0.125. The van der Waals surface area contributed by atoms with Crippen LogP contribution in [-0.4, -0.2) is 37.7 Å². The van der Waals surface area contributed by atoms with Crippen LogP contribution in [0.2, 0.25) is 0 Å². The van der Waals surface area contributed by atoms with E-state index in [1.807, 2.05) is 54.6 Å². The maximum atomic E-state index is 12.7. The van der Waals surface area contributed by atoms with Gasteiger partial charge in [-0.15, -0.1) is 0 Å². The van der Waals surface area contributed by atoms with Gasteiger partial charge in [0.05, 0.1) is 12.2 Å². The van der Waals surface area contributed by atoms with Crippen LogP contribution < -0.4 is 24.4 Å². The second kappa shape index (κ2) is 10.7. The number of aryl methyl sites for hydroxylation is 1. The van der Waals surface area contributed by atoms with E-state index >= 15 is 0 Å². The van der Waals surface area contributed by atoms with E-state index in [1.165, 1.54) is 0 Å². The van der Waals surface area contributed by atoms with E-state index in [-0.39, 0.29) is 18.4 Å². The number of nitrogens with one attached hydrogen (secondary N) is 1. The van der Waals surface area contributed by atoms with Gasteiger partial charge in [-0.05, 0) is 55.3 Å². The van der Waals surface area contributed by atoms with Gasteiger partial charge in [-0.25, -0.2) is 0 Å². The fraction of sp³-hybridized carbons (Fsp3) is 0.259. The number of amides is 2. The summed E-state index contributed by atoms with van der Waals surface area (Å²) in [5.41, 5.74) is 2.36. The number of fused-ring (bicyclic) bond motifs is 1.